The minimum Gasteiger partial charge on any atom is -0.506 e. The van der Waals surface area contributed by atoms with Crippen molar-refractivity contribution in [1.29, 1.82) is 0 Å². The van der Waals surface area contributed by atoms with Crippen molar-refractivity contribution in [1.82, 2.24) is 0 Å². The van der Waals surface area contributed by atoms with Gasteiger partial charge in [-0.2, -0.15) is 0 Å². The Labute approximate surface area is 276 Å². The lowest BCUT2D eigenvalue weighted by atomic mass is 9.99. The zero-order chi connectivity index (χ0) is 31.8. The predicted molar refractivity (Wildman–Crippen MR) is 178 cm³/mol. The number of nitrogens with two attached hydrogens (primary N) is 1. The minimum atomic E-state index is -1.08. The molecule has 2 atom stereocenters. The molecular weight excluding hydrogens is 710 g/mol. The Hall–Kier alpha value is -4.68. The third-order valence-electron chi connectivity index (χ3n) is 6.69. The number of hydrogen-bond donors (Lipinski definition) is 4. The van der Waals surface area contributed by atoms with E-state index in [9.17, 15) is 14.7 Å². The maximum atomic E-state index is 13.3. The van der Waals surface area contributed by atoms with Gasteiger partial charge in [-0.1, -0.05) is 52.3 Å². The number of amides is 2. The van der Waals surface area contributed by atoms with Crippen LogP contribution in [-0.2, 0) is 9.53 Å². The molecular formula is C33H29Br2N3O7. The van der Waals surface area contributed by atoms with Gasteiger partial charge in [0.05, 0.1) is 15.8 Å². The molecule has 0 spiro atoms. The van der Waals surface area contributed by atoms with E-state index >= 15 is 0 Å². The Morgan fingerprint density at radius 3 is 2.51 bits per heavy atom. The Bertz CT molecular complexity index is 1700. The summed E-state index contributed by atoms with van der Waals surface area (Å²) in [6.45, 7) is 0.0945. The first kappa shape index (κ1) is 31.7. The normalized spacial score (nSPS) is 13.2. The van der Waals surface area contributed by atoms with Gasteiger partial charge in [0.15, 0.2) is 17.6 Å². The van der Waals surface area contributed by atoms with Crippen LogP contribution >= 0.6 is 31.9 Å². The number of halogens is 2. The SMILES string of the molecule is Nc1ccccc1NC(=O)/C=C/CC[C@H](Oc1ccccc1)[C@@H](OC(=O)Nc1ccc2c(c1)OCO2)c1cc(Br)cc(Br)c1O. The maximum absolute atomic E-state index is 13.3. The van der Waals surface area contributed by atoms with Crippen LogP contribution < -0.4 is 30.6 Å². The van der Waals surface area contributed by atoms with Crippen LogP contribution in [0.4, 0.5) is 21.9 Å². The maximum Gasteiger partial charge on any atom is 0.412 e. The van der Waals surface area contributed by atoms with Crippen molar-refractivity contribution in [3.8, 4) is 23.0 Å². The minimum absolute atomic E-state index is 0.0945. The average molecular weight is 739 g/mol. The molecule has 0 bridgehead atoms. The van der Waals surface area contributed by atoms with Gasteiger partial charge in [-0.15, -0.1) is 0 Å². The highest BCUT2D eigenvalue weighted by atomic mass is 79.9. The Balaban J connectivity index is 1.39. The van der Waals surface area contributed by atoms with E-state index in [4.69, 9.17) is 24.7 Å². The highest BCUT2D eigenvalue weighted by Crippen LogP contribution is 2.40. The van der Waals surface area contributed by atoms with Crippen molar-refractivity contribution in [2.45, 2.75) is 25.0 Å². The number of fused-ring (bicyclic) bond motifs is 1. The zero-order valence-electron chi connectivity index (χ0n) is 23.7. The molecule has 232 valence electrons. The van der Waals surface area contributed by atoms with Crippen LogP contribution in [0.25, 0.3) is 0 Å². The number of hydrogen-bond acceptors (Lipinski definition) is 8. The molecule has 4 aromatic rings. The highest BCUT2D eigenvalue weighted by molar-refractivity contribution is 9.11. The summed E-state index contributed by atoms with van der Waals surface area (Å²) in [6.07, 6.45) is 1.11. The lowest BCUT2D eigenvalue weighted by Gasteiger charge is -2.29. The van der Waals surface area contributed by atoms with E-state index in [-0.39, 0.29) is 18.4 Å². The van der Waals surface area contributed by atoms with Crippen LogP contribution in [0.2, 0.25) is 0 Å². The van der Waals surface area contributed by atoms with E-state index in [2.05, 4.69) is 42.5 Å². The number of nitrogens with one attached hydrogen (secondary N) is 2. The van der Waals surface area contributed by atoms with Crippen molar-refractivity contribution in [3.63, 3.8) is 0 Å². The molecule has 1 aliphatic heterocycles. The molecule has 4 aromatic carbocycles. The van der Waals surface area contributed by atoms with Crippen molar-refractivity contribution in [2.75, 3.05) is 23.2 Å². The lowest BCUT2D eigenvalue weighted by Crippen LogP contribution is -2.31. The van der Waals surface area contributed by atoms with E-state index in [1.54, 1.807) is 72.8 Å². The number of nitrogen functional groups attached to an aromatic ring is 1. The standard InChI is InChI=1S/C33H29Br2N3O7/c34-20-16-23(31(40)24(35)17-20)32(45-33(41)37-21-14-15-27-29(18-21)43-19-42-27)28(44-22-8-2-1-3-9-22)12-6-7-13-30(39)38-26-11-5-4-10-25(26)36/h1-5,7-11,13-18,28,32,40H,6,12,19,36H2,(H,37,41)(H,38,39)/b13-7+/t28-,32-/m0/s1. The van der Waals surface area contributed by atoms with E-state index < -0.39 is 18.3 Å². The number of benzene rings is 4. The van der Waals surface area contributed by atoms with Gasteiger partial charge in [-0.05, 0) is 83.4 Å². The summed E-state index contributed by atoms with van der Waals surface area (Å²) in [4.78, 5) is 25.9. The van der Waals surface area contributed by atoms with Gasteiger partial charge in [0, 0.05) is 21.8 Å². The van der Waals surface area contributed by atoms with Gasteiger partial charge in [-0.25, -0.2) is 4.79 Å². The monoisotopic (exact) mass is 737 g/mol. The summed E-state index contributed by atoms with van der Waals surface area (Å²) in [5, 5.41) is 16.5. The first-order valence-corrected chi connectivity index (χ1v) is 15.4. The summed E-state index contributed by atoms with van der Waals surface area (Å²) in [7, 11) is 0. The van der Waals surface area contributed by atoms with E-state index in [0.717, 1.165) is 0 Å². The third-order valence-corrected chi connectivity index (χ3v) is 7.75. The van der Waals surface area contributed by atoms with Crippen LogP contribution in [0.5, 0.6) is 23.0 Å². The fourth-order valence-corrected chi connectivity index (χ4v) is 5.82. The highest BCUT2D eigenvalue weighted by Gasteiger charge is 2.32. The van der Waals surface area contributed by atoms with Gasteiger partial charge in [0.2, 0.25) is 12.7 Å². The van der Waals surface area contributed by atoms with E-state index in [0.29, 0.717) is 61.7 Å². The molecule has 1 heterocycles. The van der Waals surface area contributed by atoms with Crippen molar-refractivity contribution in [3.05, 3.63) is 112 Å². The number of anilines is 3. The molecule has 0 saturated heterocycles. The van der Waals surface area contributed by atoms with Crippen molar-refractivity contribution in [2.24, 2.45) is 0 Å². The largest absolute Gasteiger partial charge is 0.506 e. The number of aromatic hydroxyl groups is 1. The second kappa shape index (κ2) is 14.9. The number of allylic oxidation sites excluding steroid dienone is 1. The summed E-state index contributed by atoms with van der Waals surface area (Å²) in [5.74, 6) is 1.13. The Kier molecular flexibility index (Phi) is 10.5. The molecule has 0 fully saturated rings. The topological polar surface area (TPSA) is 141 Å². The molecule has 10 nitrogen and oxygen atoms in total. The second-order valence-corrected chi connectivity index (χ2v) is 11.6. The molecule has 12 heteroatoms. The first-order valence-electron chi connectivity index (χ1n) is 13.9. The number of ether oxygens (including phenoxy) is 4. The Morgan fingerprint density at radius 1 is 0.956 bits per heavy atom. The fourth-order valence-electron chi connectivity index (χ4n) is 4.56. The van der Waals surface area contributed by atoms with Gasteiger partial charge in [0.1, 0.15) is 17.6 Å². The van der Waals surface area contributed by atoms with Gasteiger partial charge in [0.25, 0.3) is 0 Å². The number of phenolic OH excluding ortho intramolecular Hbond substituents is 1. The molecule has 0 aromatic heterocycles. The molecule has 2 amide bonds. The van der Waals surface area contributed by atoms with Crippen LogP contribution in [0.1, 0.15) is 24.5 Å². The van der Waals surface area contributed by atoms with Crippen LogP contribution in [-0.4, -0.2) is 30.0 Å². The molecule has 0 saturated carbocycles. The predicted octanol–water partition coefficient (Wildman–Crippen LogP) is 7.94. The summed E-state index contributed by atoms with van der Waals surface area (Å²) >= 11 is 6.84. The van der Waals surface area contributed by atoms with E-state index in [1.165, 1.54) is 6.08 Å². The molecule has 0 aliphatic carbocycles. The van der Waals surface area contributed by atoms with Gasteiger partial charge >= 0.3 is 6.09 Å². The molecule has 0 radical (unpaired) electrons. The molecule has 45 heavy (non-hydrogen) atoms. The molecule has 5 N–H and O–H groups in total. The summed E-state index contributed by atoms with van der Waals surface area (Å²) in [5.41, 5.74) is 7.62. The van der Waals surface area contributed by atoms with Crippen LogP contribution in [0, 0.1) is 0 Å². The summed E-state index contributed by atoms with van der Waals surface area (Å²) < 4.78 is 24.1. The number of phenols is 1. The smallest absolute Gasteiger partial charge is 0.412 e. The van der Waals surface area contributed by atoms with Crippen molar-refractivity contribution >= 4 is 60.9 Å². The van der Waals surface area contributed by atoms with Crippen LogP contribution in [0.3, 0.4) is 0 Å². The zero-order valence-corrected chi connectivity index (χ0v) is 26.9. The first-order chi connectivity index (χ1) is 21.8. The lowest BCUT2D eigenvalue weighted by molar-refractivity contribution is -0.111. The van der Waals surface area contributed by atoms with Crippen LogP contribution in [0.15, 0.2) is 106 Å². The fraction of sp³-hybridized carbons (Fsp3) is 0.152. The molecule has 1 aliphatic rings. The number of rotatable bonds is 11. The summed E-state index contributed by atoms with van der Waals surface area (Å²) in [6, 6.07) is 24.3. The van der Waals surface area contributed by atoms with Gasteiger partial charge in [-0.3, -0.25) is 10.1 Å². The van der Waals surface area contributed by atoms with E-state index in [1.807, 2.05) is 18.2 Å². The number of para-hydroxylation sites is 3. The quantitative estimate of drug-likeness (QED) is 0.0898. The van der Waals surface area contributed by atoms with Crippen molar-refractivity contribution < 1.29 is 33.6 Å². The Morgan fingerprint density at radius 2 is 1.71 bits per heavy atom. The average Bonchev–Trinajstić information content (AvgIpc) is 3.49. The molecule has 5 rings (SSSR count). The van der Waals surface area contributed by atoms with Gasteiger partial charge < -0.3 is 35.1 Å². The molecule has 0 unspecified atom stereocenters. The third kappa shape index (κ3) is 8.49. The number of carbonyl (C=O) groups excluding carboxylic acids is 2. The second-order valence-electron chi connectivity index (χ2n) is 9.87. The number of carbonyl (C=O) groups is 2.